The minimum absolute atomic E-state index is 0.0614. The van der Waals surface area contributed by atoms with Gasteiger partial charge in [-0.2, -0.15) is 0 Å². The van der Waals surface area contributed by atoms with Crippen LogP contribution in [0.5, 0.6) is 0 Å². The van der Waals surface area contributed by atoms with Gasteiger partial charge in [-0.15, -0.1) is 0 Å². The summed E-state index contributed by atoms with van der Waals surface area (Å²) in [6.07, 6.45) is 2.71. The van der Waals surface area contributed by atoms with E-state index in [-0.39, 0.29) is 12.2 Å². The Labute approximate surface area is 106 Å². The quantitative estimate of drug-likeness (QED) is 0.804. The third kappa shape index (κ3) is 3.54. The van der Waals surface area contributed by atoms with Crippen LogP contribution < -0.4 is 4.72 Å². The highest BCUT2D eigenvalue weighted by atomic mass is 32.2. The molecule has 2 N–H and O–H groups in total. The highest BCUT2D eigenvalue weighted by Crippen LogP contribution is 2.12. The first-order chi connectivity index (χ1) is 8.13. The molecule has 1 aromatic heterocycles. The first-order valence-electron chi connectivity index (χ1n) is 5.38. The van der Waals surface area contributed by atoms with Crippen molar-refractivity contribution in [3.05, 3.63) is 18.2 Å². The molecule has 0 atom stereocenters. The van der Waals surface area contributed by atoms with Crippen molar-refractivity contribution in [1.82, 2.24) is 14.3 Å². The van der Waals surface area contributed by atoms with Crippen LogP contribution >= 0.6 is 0 Å². The normalized spacial score (nSPS) is 12.6. The molecule has 0 bridgehead atoms. The maximum absolute atomic E-state index is 11.7. The molecule has 0 aromatic carbocycles. The number of sulfonamides is 1. The lowest BCUT2D eigenvalue weighted by Crippen LogP contribution is -2.40. The maximum Gasteiger partial charge on any atom is 0.356 e. The molecule has 0 amide bonds. The number of hydrogen-bond donors (Lipinski definition) is 2. The second kappa shape index (κ2) is 5.07. The summed E-state index contributed by atoms with van der Waals surface area (Å²) in [7, 11) is -3.38. The molecule has 0 radical (unpaired) electrons. The zero-order valence-electron chi connectivity index (χ0n) is 10.5. The van der Waals surface area contributed by atoms with Crippen molar-refractivity contribution in [1.29, 1.82) is 0 Å². The van der Waals surface area contributed by atoms with E-state index in [0.29, 0.717) is 6.54 Å². The van der Waals surface area contributed by atoms with Crippen LogP contribution in [0.25, 0.3) is 0 Å². The van der Waals surface area contributed by atoms with E-state index in [1.54, 1.807) is 20.8 Å². The van der Waals surface area contributed by atoms with Gasteiger partial charge in [-0.3, -0.25) is 0 Å². The van der Waals surface area contributed by atoms with Gasteiger partial charge in [0, 0.05) is 19.3 Å². The van der Waals surface area contributed by atoms with E-state index in [1.807, 2.05) is 0 Å². The molecule has 1 rings (SSSR count). The summed E-state index contributed by atoms with van der Waals surface area (Å²) in [5.74, 6) is -1.11. The van der Waals surface area contributed by atoms with Gasteiger partial charge >= 0.3 is 5.97 Å². The predicted molar refractivity (Wildman–Crippen MR) is 65.9 cm³/mol. The Balaban J connectivity index is 2.54. The van der Waals surface area contributed by atoms with Crippen LogP contribution in [0.4, 0.5) is 0 Å². The molecule has 0 unspecified atom stereocenters. The van der Waals surface area contributed by atoms with E-state index in [4.69, 9.17) is 5.11 Å². The average molecular weight is 275 g/mol. The molecule has 1 aromatic rings. The number of aromatic nitrogens is 2. The second-order valence-electron chi connectivity index (χ2n) is 4.81. The van der Waals surface area contributed by atoms with Crippen LogP contribution in [-0.2, 0) is 16.6 Å². The van der Waals surface area contributed by atoms with Crippen LogP contribution in [0.3, 0.4) is 0 Å². The summed E-state index contributed by atoms with van der Waals surface area (Å²) in [4.78, 5) is 14.3. The third-order valence-electron chi connectivity index (χ3n) is 2.32. The predicted octanol–water partition coefficient (Wildman–Crippen LogP) is 0.299. The number of carboxylic acid groups (broad SMARTS) is 1. The Morgan fingerprint density at radius 2 is 2.11 bits per heavy atom. The average Bonchev–Trinajstić information content (AvgIpc) is 2.64. The van der Waals surface area contributed by atoms with Gasteiger partial charge in [0.05, 0.1) is 11.1 Å². The zero-order valence-corrected chi connectivity index (χ0v) is 11.4. The van der Waals surface area contributed by atoms with Crippen molar-refractivity contribution in [3.8, 4) is 0 Å². The SMILES string of the molecule is CC(C)(C)S(=O)(=O)NCCn1cnc(C(=O)O)c1. The van der Waals surface area contributed by atoms with Crippen molar-refractivity contribution in [2.45, 2.75) is 32.1 Å². The second-order valence-corrected chi connectivity index (χ2v) is 7.33. The van der Waals surface area contributed by atoms with E-state index >= 15 is 0 Å². The lowest BCUT2D eigenvalue weighted by molar-refractivity contribution is 0.0691. The lowest BCUT2D eigenvalue weighted by Gasteiger charge is -2.19. The smallest absolute Gasteiger partial charge is 0.356 e. The molecule has 0 saturated carbocycles. The van der Waals surface area contributed by atoms with Gasteiger partial charge in [0.1, 0.15) is 0 Å². The molecule has 1 heterocycles. The van der Waals surface area contributed by atoms with Gasteiger partial charge in [0.15, 0.2) is 5.69 Å². The first kappa shape index (κ1) is 14.7. The number of carbonyl (C=O) groups is 1. The molecule has 0 aliphatic rings. The molecule has 0 aliphatic heterocycles. The van der Waals surface area contributed by atoms with Crippen LogP contribution in [-0.4, -0.2) is 40.3 Å². The highest BCUT2D eigenvalue weighted by Gasteiger charge is 2.28. The van der Waals surface area contributed by atoms with E-state index in [2.05, 4.69) is 9.71 Å². The monoisotopic (exact) mass is 275 g/mol. The summed E-state index contributed by atoms with van der Waals surface area (Å²) in [6.45, 7) is 5.34. The van der Waals surface area contributed by atoms with Gasteiger partial charge in [-0.1, -0.05) is 0 Å². The van der Waals surface area contributed by atoms with Crippen LogP contribution in [0, 0.1) is 0 Å². The van der Waals surface area contributed by atoms with Crippen LogP contribution in [0.1, 0.15) is 31.3 Å². The van der Waals surface area contributed by atoms with E-state index in [0.717, 1.165) is 0 Å². The topological polar surface area (TPSA) is 101 Å². The molecule has 0 spiro atoms. The number of imidazole rings is 1. The first-order valence-corrected chi connectivity index (χ1v) is 6.86. The minimum Gasteiger partial charge on any atom is -0.476 e. The molecular formula is C10H17N3O4S. The number of aromatic carboxylic acids is 1. The van der Waals surface area contributed by atoms with Gasteiger partial charge in [-0.05, 0) is 20.8 Å². The van der Waals surface area contributed by atoms with Crippen molar-refractivity contribution in [2.24, 2.45) is 0 Å². The fourth-order valence-electron chi connectivity index (χ4n) is 1.12. The molecule has 7 nitrogen and oxygen atoms in total. The number of hydrogen-bond acceptors (Lipinski definition) is 4. The van der Waals surface area contributed by atoms with Gasteiger partial charge in [-0.25, -0.2) is 22.9 Å². The van der Waals surface area contributed by atoms with Crippen molar-refractivity contribution >= 4 is 16.0 Å². The largest absolute Gasteiger partial charge is 0.476 e. The summed E-state index contributed by atoms with van der Waals surface area (Å²) < 4.78 is 26.6. The molecule has 0 fully saturated rings. The fourth-order valence-corrected chi connectivity index (χ4v) is 1.91. The molecular weight excluding hydrogens is 258 g/mol. The summed E-state index contributed by atoms with van der Waals surface area (Å²) >= 11 is 0. The number of carboxylic acids is 1. The van der Waals surface area contributed by atoms with E-state index < -0.39 is 20.7 Å². The summed E-state index contributed by atoms with van der Waals surface area (Å²) in [6, 6.07) is 0. The van der Waals surface area contributed by atoms with Crippen molar-refractivity contribution < 1.29 is 18.3 Å². The van der Waals surface area contributed by atoms with Crippen LogP contribution in [0.2, 0.25) is 0 Å². The third-order valence-corrected chi connectivity index (χ3v) is 4.52. The van der Waals surface area contributed by atoms with Crippen molar-refractivity contribution in [2.75, 3.05) is 6.54 Å². The van der Waals surface area contributed by atoms with Gasteiger partial charge < -0.3 is 9.67 Å². The molecule has 8 heteroatoms. The molecule has 102 valence electrons. The Hall–Kier alpha value is -1.41. The minimum atomic E-state index is -3.38. The lowest BCUT2D eigenvalue weighted by atomic mass is 10.3. The van der Waals surface area contributed by atoms with E-state index in [1.165, 1.54) is 17.1 Å². The molecule has 0 saturated heterocycles. The number of nitrogens with one attached hydrogen (secondary N) is 1. The van der Waals surface area contributed by atoms with Crippen LogP contribution in [0.15, 0.2) is 12.5 Å². The Morgan fingerprint density at radius 3 is 2.56 bits per heavy atom. The summed E-state index contributed by atoms with van der Waals surface area (Å²) in [5.41, 5.74) is -0.0614. The summed E-state index contributed by atoms with van der Waals surface area (Å²) in [5, 5.41) is 8.67. The zero-order chi connectivity index (χ0) is 14.0. The standard InChI is InChI=1S/C10H17N3O4S/c1-10(2,3)18(16,17)12-4-5-13-6-8(9(14)15)11-7-13/h6-7,12H,4-5H2,1-3H3,(H,14,15). The van der Waals surface area contributed by atoms with Gasteiger partial charge in [0.25, 0.3) is 0 Å². The number of nitrogens with zero attached hydrogens (tertiary/aromatic N) is 2. The Bertz CT molecular complexity index is 528. The van der Waals surface area contributed by atoms with Gasteiger partial charge in [0.2, 0.25) is 10.0 Å². The highest BCUT2D eigenvalue weighted by molar-refractivity contribution is 7.90. The fraction of sp³-hybridized carbons (Fsp3) is 0.600. The molecule has 0 aliphatic carbocycles. The van der Waals surface area contributed by atoms with Crippen molar-refractivity contribution in [3.63, 3.8) is 0 Å². The molecule has 18 heavy (non-hydrogen) atoms. The Morgan fingerprint density at radius 1 is 1.50 bits per heavy atom. The van der Waals surface area contributed by atoms with E-state index in [9.17, 15) is 13.2 Å². The number of rotatable bonds is 5. The maximum atomic E-state index is 11.7. The Kier molecular flexibility index (Phi) is 4.12.